The van der Waals surface area contributed by atoms with E-state index in [4.69, 9.17) is 0 Å². The minimum Gasteiger partial charge on any atom is -0.308 e. The van der Waals surface area contributed by atoms with E-state index in [0.717, 1.165) is 0 Å². The molecule has 0 fully saturated rings. The molecule has 0 unspecified atom stereocenters. The van der Waals surface area contributed by atoms with E-state index in [1.165, 1.54) is 86.3 Å². The zero-order valence-corrected chi connectivity index (χ0v) is 25.1. The van der Waals surface area contributed by atoms with E-state index in [-0.39, 0.29) is 0 Å². The maximum Gasteiger partial charge on any atom is 0.0719 e. The van der Waals surface area contributed by atoms with Crippen molar-refractivity contribution in [3.8, 4) is 22.5 Å². The van der Waals surface area contributed by atoms with Crippen LogP contribution in [0.15, 0.2) is 158 Å². The minimum atomic E-state index is 1.18. The fourth-order valence-corrected chi connectivity index (χ4v) is 8.71. The van der Waals surface area contributed by atoms with Crippen LogP contribution in [0.1, 0.15) is 0 Å². The van der Waals surface area contributed by atoms with Crippen molar-refractivity contribution in [3.05, 3.63) is 158 Å². The summed E-state index contributed by atoms with van der Waals surface area (Å²) in [6.45, 7) is 0. The molecule has 0 aliphatic carbocycles. The van der Waals surface area contributed by atoms with E-state index in [0.29, 0.717) is 0 Å². The molecule has 0 aliphatic heterocycles. The van der Waals surface area contributed by atoms with Crippen LogP contribution < -0.4 is 0 Å². The molecule has 0 aliphatic rings. The minimum absolute atomic E-state index is 1.18. The number of nitrogens with zero attached hydrogens (tertiary/aromatic N) is 2. The van der Waals surface area contributed by atoms with E-state index >= 15 is 0 Å². The highest BCUT2D eigenvalue weighted by molar-refractivity contribution is 7.27. The number of hydrogen-bond donors (Lipinski definition) is 0. The first kappa shape index (κ1) is 24.8. The molecule has 0 N–H and O–H groups in total. The lowest BCUT2D eigenvalue weighted by Gasteiger charge is -2.10. The zero-order valence-electron chi connectivity index (χ0n) is 24.3. The molecule has 10 rings (SSSR count). The second kappa shape index (κ2) is 9.43. The predicted octanol–water partition coefficient (Wildman–Crippen LogP) is 11.9. The monoisotopic (exact) mass is 590 g/mol. The van der Waals surface area contributed by atoms with Crippen LogP contribution in [0.25, 0.3) is 86.3 Å². The topological polar surface area (TPSA) is 9.86 Å². The van der Waals surface area contributed by atoms with Gasteiger partial charge in [0.05, 0.1) is 31.5 Å². The lowest BCUT2D eigenvalue weighted by molar-refractivity contribution is 1.19. The second-order valence-electron chi connectivity index (χ2n) is 11.7. The molecule has 3 heterocycles. The molecule has 0 saturated heterocycles. The van der Waals surface area contributed by atoms with Gasteiger partial charge >= 0.3 is 0 Å². The van der Waals surface area contributed by atoms with Gasteiger partial charge in [0.25, 0.3) is 0 Å². The van der Waals surface area contributed by atoms with Crippen molar-refractivity contribution in [2.75, 3.05) is 0 Å². The van der Waals surface area contributed by atoms with Gasteiger partial charge in [0.15, 0.2) is 0 Å². The molecule has 2 nitrogen and oxygen atoms in total. The Bertz CT molecular complexity index is 2730. The van der Waals surface area contributed by atoms with Gasteiger partial charge in [0, 0.05) is 43.7 Å². The van der Waals surface area contributed by atoms with Crippen LogP contribution >= 0.6 is 11.3 Å². The number of fused-ring (bicyclic) bond motifs is 11. The smallest absolute Gasteiger partial charge is 0.0719 e. The molecule has 0 radical (unpaired) electrons. The van der Waals surface area contributed by atoms with Gasteiger partial charge in [-0.2, -0.15) is 0 Å². The van der Waals surface area contributed by atoms with Gasteiger partial charge in [-0.3, -0.25) is 0 Å². The summed E-state index contributed by atoms with van der Waals surface area (Å²) < 4.78 is 7.58. The highest BCUT2D eigenvalue weighted by atomic mass is 32.1. The molecule has 0 saturated carbocycles. The van der Waals surface area contributed by atoms with Crippen molar-refractivity contribution in [2.45, 2.75) is 0 Å². The average Bonchev–Trinajstić information content (AvgIpc) is 3.77. The van der Waals surface area contributed by atoms with E-state index in [1.807, 2.05) is 11.3 Å². The Hall–Kier alpha value is -5.64. The highest BCUT2D eigenvalue weighted by Gasteiger charge is 2.21. The van der Waals surface area contributed by atoms with E-state index in [2.05, 4.69) is 167 Å². The van der Waals surface area contributed by atoms with E-state index in [1.54, 1.807) is 0 Å². The van der Waals surface area contributed by atoms with Gasteiger partial charge in [0.2, 0.25) is 0 Å². The van der Waals surface area contributed by atoms with Crippen LogP contribution in [0.5, 0.6) is 0 Å². The molecule has 45 heavy (non-hydrogen) atoms. The Morgan fingerprint density at radius 3 is 1.29 bits per heavy atom. The standard InChI is InChI=1S/C42H26N2S/c1-3-11-27(12-4-1)28-19-21-30(22-20-28)44-38-18-10-8-16-32(38)34-24-26-36-35-25-23-33-31-15-7-9-17-37(31)43(29-13-5-2-6-14-29)39(33)41(35)45-42(36)40(34)44/h1-26H. The van der Waals surface area contributed by atoms with Gasteiger partial charge in [0.1, 0.15) is 0 Å². The molecule has 0 bridgehead atoms. The van der Waals surface area contributed by atoms with Crippen LogP contribution in [-0.2, 0) is 0 Å². The molecule has 0 atom stereocenters. The second-order valence-corrected chi connectivity index (χ2v) is 12.8. The van der Waals surface area contributed by atoms with Crippen molar-refractivity contribution in [3.63, 3.8) is 0 Å². The number of thiophene rings is 1. The third kappa shape index (κ3) is 3.50. The Labute approximate surface area is 263 Å². The van der Waals surface area contributed by atoms with Crippen LogP contribution in [0.2, 0.25) is 0 Å². The Kier molecular flexibility index (Phi) is 5.19. The summed E-state index contributed by atoms with van der Waals surface area (Å²) in [5, 5.41) is 7.76. The van der Waals surface area contributed by atoms with Gasteiger partial charge in [-0.15, -0.1) is 11.3 Å². The van der Waals surface area contributed by atoms with E-state index in [9.17, 15) is 0 Å². The molecular formula is C42H26N2S. The van der Waals surface area contributed by atoms with Crippen molar-refractivity contribution in [1.29, 1.82) is 0 Å². The molecule has 7 aromatic carbocycles. The van der Waals surface area contributed by atoms with Crippen LogP contribution in [-0.4, -0.2) is 9.13 Å². The summed E-state index contributed by atoms with van der Waals surface area (Å²) in [6, 6.07) is 57.4. The average molecular weight is 591 g/mol. The third-order valence-corrected chi connectivity index (χ3v) is 10.6. The number of hydrogen-bond acceptors (Lipinski definition) is 1. The first-order valence-corrected chi connectivity index (χ1v) is 16.2. The summed E-state index contributed by atoms with van der Waals surface area (Å²) >= 11 is 1.93. The van der Waals surface area contributed by atoms with Gasteiger partial charge in [-0.05, 0) is 47.5 Å². The summed E-state index contributed by atoms with van der Waals surface area (Å²) in [7, 11) is 0. The SMILES string of the molecule is c1ccc(-c2ccc(-n3c4ccccc4c4ccc5c6ccc7c8ccccc8n(-c8ccccc8)c7c6sc5c43)cc2)cc1. The first-order valence-electron chi connectivity index (χ1n) is 15.4. The first-order chi connectivity index (χ1) is 22.3. The van der Waals surface area contributed by atoms with Gasteiger partial charge in [-0.1, -0.05) is 121 Å². The normalized spacial score (nSPS) is 12.0. The maximum atomic E-state index is 2.47. The van der Waals surface area contributed by atoms with Gasteiger partial charge in [-0.25, -0.2) is 0 Å². The largest absolute Gasteiger partial charge is 0.308 e. The molecule has 3 aromatic heterocycles. The summed E-state index contributed by atoms with van der Waals surface area (Å²) in [4.78, 5) is 0. The van der Waals surface area contributed by atoms with Crippen molar-refractivity contribution >= 4 is 75.1 Å². The van der Waals surface area contributed by atoms with E-state index < -0.39 is 0 Å². The molecule has 0 amide bonds. The Morgan fingerprint density at radius 2 is 0.733 bits per heavy atom. The van der Waals surface area contributed by atoms with Crippen molar-refractivity contribution in [1.82, 2.24) is 9.13 Å². The molecular weight excluding hydrogens is 565 g/mol. The molecule has 3 heteroatoms. The number of aromatic nitrogens is 2. The lowest BCUT2D eigenvalue weighted by atomic mass is 10.1. The third-order valence-electron chi connectivity index (χ3n) is 9.32. The predicted molar refractivity (Wildman–Crippen MR) is 193 cm³/mol. The fourth-order valence-electron chi connectivity index (χ4n) is 7.33. The van der Waals surface area contributed by atoms with Crippen molar-refractivity contribution < 1.29 is 0 Å². The van der Waals surface area contributed by atoms with Crippen LogP contribution in [0.3, 0.4) is 0 Å². The summed E-state index contributed by atoms with van der Waals surface area (Å²) in [5.74, 6) is 0. The van der Waals surface area contributed by atoms with Crippen LogP contribution in [0, 0.1) is 0 Å². The summed E-state index contributed by atoms with van der Waals surface area (Å²) in [6.07, 6.45) is 0. The zero-order chi connectivity index (χ0) is 29.5. The summed E-state index contributed by atoms with van der Waals surface area (Å²) in [5.41, 5.74) is 9.84. The highest BCUT2D eigenvalue weighted by Crippen LogP contribution is 2.47. The van der Waals surface area contributed by atoms with Crippen LogP contribution in [0.4, 0.5) is 0 Å². The number of para-hydroxylation sites is 3. The van der Waals surface area contributed by atoms with Crippen molar-refractivity contribution in [2.24, 2.45) is 0 Å². The Morgan fingerprint density at radius 1 is 0.311 bits per heavy atom. The molecule has 0 spiro atoms. The number of rotatable bonds is 3. The maximum absolute atomic E-state index is 2.47. The van der Waals surface area contributed by atoms with Gasteiger partial charge < -0.3 is 9.13 Å². The molecule has 10 aromatic rings. The number of benzene rings is 7. The molecule has 210 valence electrons. The quantitative estimate of drug-likeness (QED) is 0.194. The Balaban J connectivity index is 1.32. The lowest BCUT2D eigenvalue weighted by Crippen LogP contribution is -1.93. The fraction of sp³-hybridized carbons (Fsp3) is 0.